The number of fused-ring (bicyclic) bond motifs is 1. The van der Waals surface area contributed by atoms with Crippen LogP contribution < -0.4 is 4.48 Å². The van der Waals surface area contributed by atoms with Crippen LogP contribution in [0.2, 0.25) is 0 Å². The molecule has 6 heteroatoms. The predicted octanol–water partition coefficient (Wildman–Crippen LogP) is 0.768. The predicted molar refractivity (Wildman–Crippen MR) is 58.0 cm³/mol. The number of hydrogen-bond acceptors (Lipinski definition) is 4. The van der Waals surface area contributed by atoms with Crippen molar-refractivity contribution in [2.45, 2.75) is 11.5 Å². The average Bonchev–Trinajstić information content (AvgIpc) is 2.37. The van der Waals surface area contributed by atoms with Gasteiger partial charge in [0.25, 0.3) is 5.13 Å². The molecule has 1 aromatic rings. The van der Waals surface area contributed by atoms with E-state index >= 15 is 0 Å². The van der Waals surface area contributed by atoms with Gasteiger partial charge in [-0.3, -0.25) is 4.48 Å². The largest absolute Gasteiger partial charge is 0.285 e. The number of aromatic nitrogens is 1. The van der Waals surface area contributed by atoms with Crippen LogP contribution in [0.3, 0.4) is 0 Å². The Kier molecular flexibility index (Phi) is 1.99. The maximum absolute atomic E-state index is 11.3. The number of quaternary nitrogens is 1. The lowest BCUT2D eigenvalue weighted by molar-refractivity contribution is 0.483. The highest BCUT2D eigenvalue weighted by atomic mass is 32.2. The zero-order chi connectivity index (χ0) is 10.6. The van der Waals surface area contributed by atoms with Crippen molar-refractivity contribution < 1.29 is 8.42 Å². The summed E-state index contributed by atoms with van der Waals surface area (Å²) in [6, 6.07) is 0. The molecule has 0 atom stereocenters. The molecular weight excluding hydrogens is 220 g/mol. The first-order valence-corrected chi connectivity index (χ1v) is 6.93. The zero-order valence-electron chi connectivity index (χ0n) is 8.44. The van der Waals surface area contributed by atoms with E-state index in [0.29, 0.717) is 4.48 Å². The molecule has 1 aliphatic rings. The Morgan fingerprint density at radius 3 is 2.43 bits per heavy atom. The van der Waals surface area contributed by atoms with Crippen molar-refractivity contribution >= 4 is 26.3 Å². The molecule has 1 aliphatic heterocycles. The summed E-state index contributed by atoms with van der Waals surface area (Å²) in [6.07, 6.45) is 0. The van der Waals surface area contributed by atoms with Gasteiger partial charge in [0, 0.05) is 4.88 Å². The van der Waals surface area contributed by atoms with Crippen LogP contribution in [0.25, 0.3) is 0 Å². The molecule has 2 rings (SSSR count). The van der Waals surface area contributed by atoms with Gasteiger partial charge < -0.3 is 0 Å². The van der Waals surface area contributed by atoms with E-state index in [1.807, 2.05) is 21.1 Å². The number of rotatable bonds is 1. The molecule has 1 aromatic heterocycles. The molecule has 2 heterocycles. The molecule has 0 aliphatic carbocycles. The lowest BCUT2D eigenvalue weighted by Gasteiger charge is -2.18. The number of hydrogen-bond donors (Lipinski definition) is 0. The molecule has 14 heavy (non-hydrogen) atoms. The number of nitrogens with zero attached hydrogens (tertiary/aromatic N) is 2. The summed E-state index contributed by atoms with van der Waals surface area (Å²) in [5.74, 6) is 0.304. The van der Waals surface area contributed by atoms with Crippen LogP contribution in [0.5, 0.6) is 0 Å². The summed E-state index contributed by atoms with van der Waals surface area (Å²) in [4.78, 5) is 5.29. The van der Waals surface area contributed by atoms with Crippen LogP contribution in [0.4, 0.5) is 5.13 Å². The summed E-state index contributed by atoms with van der Waals surface area (Å²) in [5, 5.41) is 0.977. The van der Waals surface area contributed by atoms with E-state index in [1.165, 1.54) is 11.3 Å². The van der Waals surface area contributed by atoms with Gasteiger partial charge in [0.1, 0.15) is 0 Å². The molecule has 78 valence electrons. The fraction of sp³-hybridized carbons (Fsp3) is 0.625. The Labute approximate surface area is 87.7 Å². The second-order valence-corrected chi connectivity index (χ2v) is 7.54. The van der Waals surface area contributed by atoms with Gasteiger partial charge in [0.15, 0.2) is 9.84 Å². The molecule has 0 unspecified atom stereocenters. The summed E-state index contributed by atoms with van der Waals surface area (Å²) >= 11 is 1.51. The highest BCUT2D eigenvalue weighted by molar-refractivity contribution is 7.90. The molecular formula is C8H13N2O2S2+. The van der Waals surface area contributed by atoms with E-state index in [2.05, 4.69) is 4.98 Å². The summed E-state index contributed by atoms with van der Waals surface area (Å²) in [5.41, 5.74) is 0.762. The SMILES string of the molecule is C[N+](C)(C)c1nc2c(s1)CS(=O)(=O)C2. The molecule has 4 nitrogen and oxygen atoms in total. The van der Waals surface area contributed by atoms with Crippen molar-refractivity contribution in [1.82, 2.24) is 9.47 Å². The van der Waals surface area contributed by atoms with Gasteiger partial charge in [-0.1, -0.05) is 11.3 Å². The lowest BCUT2D eigenvalue weighted by Crippen LogP contribution is -2.34. The second kappa shape index (κ2) is 2.77. The van der Waals surface area contributed by atoms with Crippen molar-refractivity contribution in [3.05, 3.63) is 10.6 Å². The minimum atomic E-state index is -2.88. The third kappa shape index (κ3) is 1.69. The molecule has 0 fully saturated rings. The smallest absolute Gasteiger partial charge is 0.273 e. The van der Waals surface area contributed by atoms with Crippen LogP contribution >= 0.6 is 11.3 Å². The Morgan fingerprint density at radius 1 is 1.29 bits per heavy atom. The van der Waals surface area contributed by atoms with Gasteiger partial charge in [-0.05, 0) is 0 Å². The molecule has 0 spiro atoms. The van der Waals surface area contributed by atoms with Gasteiger partial charge in [-0.15, -0.1) is 0 Å². The standard InChI is InChI=1S/C8H13N2O2S2/c1-10(2,3)8-9-6-4-14(11,12)5-7(6)13-8/h4-5H2,1-3H3/q+1. The Hall–Kier alpha value is -0.460. The van der Waals surface area contributed by atoms with E-state index in [-0.39, 0.29) is 11.5 Å². The molecule has 0 amide bonds. The first kappa shape index (κ1) is 10.1. The number of thiazole rings is 1. The van der Waals surface area contributed by atoms with Crippen LogP contribution in [0, 0.1) is 0 Å². The maximum atomic E-state index is 11.3. The lowest BCUT2D eigenvalue weighted by atomic mass is 10.4. The molecule has 0 aromatic carbocycles. The Bertz CT molecular complexity index is 439. The third-order valence-electron chi connectivity index (χ3n) is 2.05. The molecule has 0 saturated carbocycles. The van der Waals surface area contributed by atoms with Crippen LogP contribution in [-0.2, 0) is 21.3 Å². The summed E-state index contributed by atoms with van der Waals surface area (Å²) in [6.45, 7) is 0. The van der Waals surface area contributed by atoms with Crippen LogP contribution in [0.1, 0.15) is 10.6 Å². The normalized spacial score (nSPS) is 19.6. The fourth-order valence-electron chi connectivity index (χ4n) is 1.34. The molecule has 0 bridgehead atoms. The monoisotopic (exact) mass is 233 g/mol. The van der Waals surface area contributed by atoms with Gasteiger partial charge >= 0.3 is 0 Å². The Morgan fingerprint density at radius 2 is 1.93 bits per heavy atom. The highest BCUT2D eigenvalue weighted by Gasteiger charge is 2.32. The van der Waals surface area contributed by atoms with E-state index in [4.69, 9.17) is 0 Å². The number of sulfone groups is 1. The third-order valence-corrected chi connectivity index (χ3v) is 5.12. The molecule has 0 N–H and O–H groups in total. The van der Waals surface area contributed by atoms with E-state index in [9.17, 15) is 8.42 Å². The second-order valence-electron chi connectivity index (χ2n) is 4.41. The van der Waals surface area contributed by atoms with Crippen molar-refractivity contribution in [1.29, 1.82) is 0 Å². The van der Waals surface area contributed by atoms with Gasteiger partial charge in [-0.25, -0.2) is 8.42 Å². The van der Waals surface area contributed by atoms with Gasteiger partial charge in [-0.2, -0.15) is 4.98 Å². The Balaban J connectivity index is 2.41. The maximum Gasteiger partial charge on any atom is 0.285 e. The summed E-state index contributed by atoms with van der Waals surface area (Å²) in [7, 11) is 3.21. The van der Waals surface area contributed by atoms with E-state index < -0.39 is 9.84 Å². The highest BCUT2D eigenvalue weighted by Crippen LogP contribution is 2.34. The van der Waals surface area contributed by atoms with Crippen LogP contribution in [0.15, 0.2) is 0 Å². The molecule has 0 saturated heterocycles. The topological polar surface area (TPSA) is 47.0 Å². The summed E-state index contributed by atoms with van der Waals surface area (Å²) < 4.78 is 23.2. The van der Waals surface area contributed by atoms with Crippen molar-refractivity contribution in [2.24, 2.45) is 0 Å². The van der Waals surface area contributed by atoms with Gasteiger partial charge in [0.2, 0.25) is 0 Å². The average molecular weight is 233 g/mol. The first-order chi connectivity index (χ1) is 6.28. The van der Waals surface area contributed by atoms with Crippen molar-refractivity contribution in [2.75, 3.05) is 21.1 Å². The quantitative estimate of drug-likeness (QED) is 0.673. The fourth-order valence-corrected chi connectivity index (χ4v) is 4.42. The van der Waals surface area contributed by atoms with Crippen LogP contribution in [-0.4, -0.2) is 34.5 Å². The minimum Gasteiger partial charge on any atom is -0.273 e. The first-order valence-electron chi connectivity index (χ1n) is 4.29. The van der Waals surface area contributed by atoms with Gasteiger partial charge in [0.05, 0.1) is 38.3 Å². The van der Waals surface area contributed by atoms with Crippen molar-refractivity contribution in [3.8, 4) is 0 Å². The van der Waals surface area contributed by atoms with E-state index in [1.54, 1.807) is 0 Å². The minimum absolute atomic E-state index is 0.124. The zero-order valence-corrected chi connectivity index (χ0v) is 10.1. The van der Waals surface area contributed by atoms with Crippen molar-refractivity contribution in [3.63, 3.8) is 0 Å². The molecule has 0 radical (unpaired) electrons. The van der Waals surface area contributed by atoms with E-state index in [0.717, 1.165) is 15.7 Å².